The van der Waals surface area contributed by atoms with E-state index in [4.69, 9.17) is 5.11 Å². The first-order chi connectivity index (χ1) is 8.04. The lowest BCUT2D eigenvalue weighted by Gasteiger charge is -2.14. The fraction of sp³-hybridized carbons (Fsp3) is 0.375. The van der Waals surface area contributed by atoms with Crippen LogP contribution in [0.1, 0.15) is 11.3 Å². The summed E-state index contributed by atoms with van der Waals surface area (Å²) in [6, 6.07) is 0.175. The van der Waals surface area contributed by atoms with Crippen molar-refractivity contribution in [3.05, 3.63) is 27.5 Å². The smallest absolute Gasteiger partial charge is 0.391 e. The Morgan fingerprint density at radius 3 is 2.17 bits per heavy atom. The minimum absolute atomic E-state index is 0.175. The quantitative estimate of drug-likeness (QED) is 0.810. The van der Waals surface area contributed by atoms with E-state index < -0.39 is 41.7 Å². The molecule has 0 aliphatic rings. The number of aromatic amines is 1. The van der Waals surface area contributed by atoms with Crippen LogP contribution in [0.5, 0.6) is 5.88 Å². The van der Waals surface area contributed by atoms with Gasteiger partial charge in [0, 0.05) is 6.07 Å². The normalized spacial score (nSPS) is 12.6. The molecular weight excluding hydrogens is 272 g/mol. The van der Waals surface area contributed by atoms with Crippen molar-refractivity contribution >= 4 is 0 Å². The molecule has 10 heteroatoms. The first kappa shape index (κ1) is 14.4. The van der Waals surface area contributed by atoms with Crippen molar-refractivity contribution in [2.45, 2.75) is 19.1 Å². The number of hydrogen-bond acceptors (Lipinski definition) is 3. The molecule has 0 aromatic carbocycles. The van der Waals surface area contributed by atoms with Gasteiger partial charge < -0.3 is 14.8 Å². The number of hydrogen-bond donors (Lipinski definition) is 2. The molecule has 0 amide bonds. The molecule has 4 nitrogen and oxygen atoms in total. The van der Waals surface area contributed by atoms with Gasteiger partial charge >= 0.3 is 12.5 Å². The van der Waals surface area contributed by atoms with E-state index in [2.05, 4.69) is 4.74 Å². The van der Waals surface area contributed by atoms with E-state index in [9.17, 15) is 31.1 Å². The lowest BCUT2D eigenvalue weighted by molar-refractivity contribution is -0.276. The average molecular weight is 277 g/mol. The third-order valence-electron chi connectivity index (χ3n) is 1.78. The average Bonchev–Trinajstić information content (AvgIpc) is 2.12. The predicted molar refractivity (Wildman–Crippen MR) is 44.7 cm³/mol. The molecule has 0 aliphatic carbocycles. The predicted octanol–water partition coefficient (Wildman–Crippen LogP) is 1.78. The minimum Gasteiger partial charge on any atom is -0.391 e. The van der Waals surface area contributed by atoms with Crippen molar-refractivity contribution in [3.8, 4) is 5.88 Å². The second-order valence-electron chi connectivity index (χ2n) is 3.06. The highest BCUT2D eigenvalue weighted by Crippen LogP contribution is 2.31. The van der Waals surface area contributed by atoms with Crippen LogP contribution in [-0.4, -0.2) is 16.5 Å². The van der Waals surface area contributed by atoms with Crippen molar-refractivity contribution in [2.24, 2.45) is 0 Å². The fourth-order valence-corrected chi connectivity index (χ4v) is 1.14. The molecule has 2 N–H and O–H groups in total. The highest BCUT2D eigenvalue weighted by Gasteiger charge is 2.38. The van der Waals surface area contributed by atoms with Crippen molar-refractivity contribution in [3.63, 3.8) is 0 Å². The van der Waals surface area contributed by atoms with Crippen LogP contribution in [0.25, 0.3) is 0 Å². The molecule has 0 saturated carbocycles. The lowest BCUT2D eigenvalue weighted by Crippen LogP contribution is -2.24. The van der Waals surface area contributed by atoms with Crippen LogP contribution in [0, 0.1) is 0 Å². The van der Waals surface area contributed by atoms with Gasteiger partial charge in [0.05, 0.1) is 12.2 Å². The van der Waals surface area contributed by atoms with E-state index in [1.54, 1.807) is 0 Å². The fourth-order valence-electron chi connectivity index (χ4n) is 1.14. The largest absolute Gasteiger partial charge is 0.574 e. The Hall–Kier alpha value is -1.71. The molecule has 1 rings (SSSR count). The van der Waals surface area contributed by atoms with Gasteiger partial charge in [0.1, 0.15) is 5.69 Å². The van der Waals surface area contributed by atoms with Gasteiger partial charge in [0.2, 0.25) is 5.88 Å². The monoisotopic (exact) mass is 277 g/mol. The number of pyridine rings is 1. The summed E-state index contributed by atoms with van der Waals surface area (Å²) in [5.41, 5.74) is -4.28. The van der Waals surface area contributed by atoms with Crippen LogP contribution in [0.4, 0.5) is 26.3 Å². The van der Waals surface area contributed by atoms with Gasteiger partial charge in [0.25, 0.3) is 0 Å². The third kappa shape index (κ3) is 3.39. The summed E-state index contributed by atoms with van der Waals surface area (Å²) in [5, 5.41) is 8.60. The number of aliphatic hydroxyl groups excluding tert-OH is 1. The van der Waals surface area contributed by atoms with Gasteiger partial charge in [-0.15, -0.1) is 13.2 Å². The summed E-state index contributed by atoms with van der Waals surface area (Å²) < 4.78 is 75.8. The number of nitrogens with one attached hydrogen (secondary N) is 1. The molecule has 1 heterocycles. The number of halogens is 6. The summed E-state index contributed by atoms with van der Waals surface area (Å²) in [6.45, 7) is -1.27. The molecule has 0 atom stereocenters. The van der Waals surface area contributed by atoms with Crippen LogP contribution in [-0.2, 0) is 12.8 Å². The molecule has 0 unspecified atom stereocenters. The molecule has 0 bridgehead atoms. The molecule has 18 heavy (non-hydrogen) atoms. The topological polar surface area (TPSA) is 62.3 Å². The van der Waals surface area contributed by atoms with Crippen LogP contribution < -0.4 is 10.2 Å². The maximum atomic E-state index is 12.4. The summed E-state index contributed by atoms with van der Waals surface area (Å²) in [7, 11) is 0. The van der Waals surface area contributed by atoms with Crippen molar-refractivity contribution in [2.75, 3.05) is 0 Å². The van der Waals surface area contributed by atoms with Crippen LogP contribution in [0.3, 0.4) is 0 Å². The van der Waals surface area contributed by atoms with E-state index in [0.717, 1.165) is 0 Å². The number of aromatic nitrogens is 1. The Morgan fingerprint density at radius 2 is 1.78 bits per heavy atom. The molecule has 0 saturated heterocycles. The van der Waals surface area contributed by atoms with E-state index in [1.807, 2.05) is 0 Å². The summed E-state index contributed by atoms with van der Waals surface area (Å²) in [5.74, 6) is -1.41. The Kier molecular flexibility index (Phi) is 3.60. The number of alkyl halides is 6. The standard InChI is InChI=1S/C8H5F6NO3/c9-7(10,11)6-3(2-16)4(17)1-5(15-6)18-8(12,13)14/h1,16H,2H2,(H,15,17). The van der Waals surface area contributed by atoms with Crippen LogP contribution >= 0.6 is 0 Å². The highest BCUT2D eigenvalue weighted by atomic mass is 19.4. The number of rotatable bonds is 2. The minimum atomic E-state index is -5.24. The molecule has 0 aliphatic heterocycles. The van der Waals surface area contributed by atoms with Crippen LogP contribution in [0.15, 0.2) is 10.9 Å². The zero-order chi connectivity index (χ0) is 14.1. The second-order valence-corrected chi connectivity index (χ2v) is 3.06. The highest BCUT2D eigenvalue weighted by molar-refractivity contribution is 5.27. The first-order valence-electron chi connectivity index (χ1n) is 4.24. The van der Waals surface area contributed by atoms with E-state index in [0.29, 0.717) is 0 Å². The number of aliphatic hydroxyl groups is 1. The lowest BCUT2D eigenvalue weighted by atomic mass is 10.2. The van der Waals surface area contributed by atoms with E-state index >= 15 is 0 Å². The van der Waals surface area contributed by atoms with Crippen molar-refractivity contribution in [1.29, 1.82) is 0 Å². The summed E-state index contributed by atoms with van der Waals surface area (Å²) >= 11 is 0. The SMILES string of the molecule is O=c1cc(OC(F)(F)F)[nH]c(C(F)(F)F)c1CO. The van der Waals surface area contributed by atoms with E-state index in [-0.39, 0.29) is 6.07 Å². The Balaban J connectivity index is 3.36. The maximum Gasteiger partial charge on any atom is 0.574 e. The van der Waals surface area contributed by atoms with Gasteiger partial charge in [0.15, 0.2) is 5.43 Å². The van der Waals surface area contributed by atoms with Gasteiger partial charge in [-0.3, -0.25) is 4.79 Å². The van der Waals surface area contributed by atoms with Gasteiger partial charge in [-0.1, -0.05) is 0 Å². The van der Waals surface area contributed by atoms with Crippen molar-refractivity contribution < 1.29 is 36.2 Å². The van der Waals surface area contributed by atoms with Crippen LogP contribution in [0.2, 0.25) is 0 Å². The zero-order valence-corrected chi connectivity index (χ0v) is 8.32. The molecule has 102 valence electrons. The first-order valence-corrected chi connectivity index (χ1v) is 4.24. The number of ether oxygens (including phenoxy) is 1. The zero-order valence-electron chi connectivity index (χ0n) is 8.32. The Morgan fingerprint density at radius 1 is 1.22 bits per heavy atom. The Labute approximate surface area is 94.8 Å². The molecule has 0 spiro atoms. The molecule has 1 aromatic rings. The van der Waals surface area contributed by atoms with Gasteiger partial charge in [-0.05, 0) is 0 Å². The van der Waals surface area contributed by atoms with E-state index in [1.165, 1.54) is 4.98 Å². The third-order valence-corrected chi connectivity index (χ3v) is 1.78. The van der Waals surface area contributed by atoms with Gasteiger partial charge in [-0.25, -0.2) is 0 Å². The molecular formula is C8H5F6NO3. The van der Waals surface area contributed by atoms with Crippen molar-refractivity contribution in [1.82, 2.24) is 4.98 Å². The van der Waals surface area contributed by atoms with Gasteiger partial charge in [-0.2, -0.15) is 13.2 Å². The maximum absolute atomic E-state index is 12.4. The number of H-pyrrole nitrogens is 1. The molecule has 0 radical (unpaired) electrons. The Bertz CT molecular complexity index is 489. The molecule has 0 fully saturated rings. The second kappa shape index (κ2) is 4.52. The molecule has 1 aromatic heterocycles. The summed E-state index contributed by atoms with van der Waals surface area (Å²) in [6.07, 6.45) is -10.4. The summed E-state index contributed by atoms with van der Waals surface area (Å²) in [4.78, 5) is 12.4.